The van der Waals surface area contributed by atoms with Crippen LogP contribution in [0.5, 0.6) is 0 Å². The maximum absolute atomic E-state index is 7.52. The van der Waals surface area contributed by atoms with Crippen LogP contribution in [0.4, 0.5) is 0 Å². The molecule has 1 aromatic rings. The summed E-state index contributed by atoms with van der Waals surface area (Å²) in [6, 6.07) is 8.38. The maximum atomic E-state index is 7.52. The van der Waals surface area contributed by atoms with Crippen molar-refractivity contribution in [1.29, 1.82) is 5.41 Å². The standard InChI is InChI=1S/C11H15NS/c1-9-5-3-4-6-10(9)7-8-11(12)13-2/h3-6,12H,7-8H2,1-2H3. The van der Waals surface area contributed by atoms with E-state index in [4.69, 9.17) is 5.41 Å². The van der Waals surface area contributed by atoms with Crippen molar-refractivity contribution in [1.82, 2.24) is 0 Å². The number of rotatable bonds is 3. The lowest BCUT2D eigenvalue weighted by atomic mass is 10.0. The Morgan fingerprint density at radius 1 is 1.38 bits per heavy atom. The Morgan fingerprint density at radius 3 is 2.69 bits per heavy atom. The molecule has 2 heteroatoms. The van der Waals surface area contributed by atoms with Gasteiger partial charge in [-0.05, 0) is 37.1 Å². The van der Waals surface area contributed by atoms with Crippen LogP contribution in [0, 0.1) is 12.3 Å². The van der Waals surface area contributed by atoms with E-state index in [0.29, 0.717) is 0 Å². The van der Waals surface area contributed by atoms with Gasteiger partial charge in [-0.15, -0.1) is 11.8 Å². The number of benzene rings is 1. The summed E-state index contributed by atoms with van der Waals surface area (Å²) in [7, 11) is 0. The van der Waals surface area contributed by atoms with Gasteiger partial charge in [-0.2, -0.15) is 0 Å². The zero-order valence-electron chi connectivity index (χ0n) is 8.13. The van der Waals surface area contributed by atoms with Crippen LogP contribution in [0.3, 0.4) is 0 Å². The van der Waals surface area contributed by atoms with Gasteiger partial charge in [0.1, 0.15) is 0 Å². The van der Waals surface area contributed by atoms with E-state index in [9.17, 15) is 0 Å². The molecule has 0 fully saturated rings. The fourth-order valence-electron chi connectivity index (χ4n) is 1.24. The monoisotopic (exact) mass is 193 g/mol. The molecule has 0 aliphatic heterocycles. The molecule has 13 heavy (non-hydrogen) atoms. The summed E-state index contributed by atoms with van der Waals surface area (Å²) >= 11 is 1.53. The second kappa shape index (κ2) is 5.07. The quantitative estimate of drug-likeness (QED) is 0.578. The third-order valence-electron chi connectivity index (χ3n) is 2.13. The van der Waals surface area contributed by atoms with E-state index >= 15 is 0 Å². The lowest BCUT2D eigenvalue weighted by Gasteiger charge is -2.04. The molecule has 1 N–H and O–H groups in total. The summed E-state index contributed by atoms with van der Waals surface area (Å²) in [6.07, 6.45) is 3.82. The highest BCUT2D eigenvalue weighted by atomic mass is 32.2. The smallest absolute Gasteiger partial charge is 0.0642 e. The number of hydrogen-bond acceptors (Lipinski definition) is 2. The molecule has 1 rings (SSSR count). The van der Waals surface area contributed by atoms with Crippen molar-refractivity contribution in [2.75, 3.05) is 6.26 Å². The van der Waals surface area contributed by atoms with Gasteiger partial charge in [0.05, 0.1) is 5.04 Å². The topological polar surface area (TPSA) is 23.9 Å². The molecule has 70 valence electrons. The first-order valence-corrected chi connectivity index (χ1v) is 5.62. The first kappa shape index (κ1) is 10.3. The zero-order chi connectivity index (χ0) is 9.68. The fourth-order valence-corrected chi connectivity index (χ4v) is 1.55. The van der Waals surface area contributed by atoms with Crippen LogP contribution in [0.25, 0.3) is 0 Å². The summed E-state index contributed by atoms with van der Waals surface area (Å²) in [5, 5.41) is 8.29. The van der Waals surface area contributed by atoms with Gasteiger partial charge in [-0.1, -0.05) is 24.3 Å². The van der Waals surface area contributed by atoms with E-state index in [-0.39, 0.29) is 0 Å². The molecule has 1 aromatic carbocycles. The van der Waals surface area contributed by atoms with Crippen LogP contribution in [0.1, 0.15) is 17.5 Å². The molecule has 1 nitrogen and oxygen atoms in total. The maximum Gasteiger partial charge on any atom is 0.0642 e. The van der Waals surface area contributed by atoms with Gasteiger partial charge in [0.2, 0.25) is 0 Å². The summed E-state index contributed by atoms with van der Waals surface area (Å²) in [4.78, 5) is 0. The molecule has 0 atom stereocenters. The minimum atomic E-state index is 0.767. The van der Waals surface area contributed by atoms with Crippen molar-refractivity contribution in [3.63, 3.8) is 0 Å². The average molecular weight is 193 g/mol. The number of hydrogen-bond donors (Lipinski definition) is 1. The largest absolute Gasteiger partial charge is 0.298 e. The van der Waals surface area contributed by atoms with E-state index in [1.807, 2.05) is 6.26 Å². The Bertz CT molecular complexity index is 294. The average Bonchev–Trinajstić information content (AvgIpc) is 2.16. The van der Waals surface area contributed by atoms with E-state index in [0.717, 1.165) is 17.9 Å². The Balaban J connectivity index is 2.54. The molecule has 0 aromatic heterocycles. The van der Waals surface area contributed by atoms with E-state index in [1.165, 1.54) is 22.9 Å². The SMILES string of the molecule is CSC(=N)CCc1ccccc1C. The van der Waals surface area contributed by atoms with Crippen LogP contribution in [-0.2, 0) is 6.42 Å². The molecular formula is C11H15NS. The van der Waals surface area contributed by atoms with E-state index in [1.54, 1.807) is 0 Å². The normalized spacial score (nSPS) is 10.0. The highest BCUT2D eigenvalue weighted by Crippen LogP contribution is 2.11. The molecule has 0 saturated heterocycles. The number of aryl methyl sites for hydroxylation is 2. The van der Waals surface area contributed by atoms with Gasteiger partial charge in [0.15, 0.2) is 0 Å². The Kier molecular flexibility index (Phi) is 4.03. The van der Waals surface area contributed by atoms with Crippen molar-refractivity contribution >= 4 is 16.8 Å². The van der Waals surface area contributed by atoms with Crippen LogP contribution in [0.2, 0.25) is 0 Å². The molecular weight excluding hydrogens is 178 g/mol. The molecule has 0 spiro atoms. The molecule has 0 bridgehead atoms. The predicted molar refractivity (Wildman–Crippen MR) is 60.7 cm³/mol. The van der Waals surface area contributed by atoms with Crippen LogP contribution < -0.4 is 0 Å². The number of nitrogens with one attached hydrogen (secondary N) is 1. The fraction of sp³-hybridized carbons (Fsp3) is 0.364. The van der Waals surface area contributed by atoms with Crippen molar-refractivity contribution in [2.45, 2.75) is 19.8 Å². The highest BCUT2D eigenvalue weighted by molar-refractivity contribution is 8.13. The van der Waals surface area contributed by atoms with E-state index < -0.39 is 0 Å². The van der Waals surface area contributed by atoms with Crippen molar-refractivity contribution < 1.29 is 0 Å². The van der Waals surface area contributed by atoms with Gasteiger partial charge < -0.3 is 0 Å². The first-order valence-electron chi connectivity index (χ1n) is 4.40. The molecule has 0 amide bonds. The second-order valence-corrected chi connectivity index (χ2v) is 3.95. The lowest BCUT2D eigenvalue weighted by Crippen LogP contribution is -1.95. The van der Waals surface area contributed by atoms with Gasteiger partial charge in [-0.25, -0.2) is 0 Å². The van der Waals surface area contributed by atoms with Gasteiger partial charge in [0.25, 0.3) is 0 Å². The predicted octanol–water partition coefficient (Wildman–Crippen LogP) is 3.27. The Labute approximate surface area is 84.1 Å². The molecule has 0 heterocycles. The van der Waals surface area contributed by atoms with Crippen LogP contribution in [-0.4, -0.2) is 11.3 Å². The summed E-state index contributed by atoms with van der Waals surface area (Å²) in [6.45, 7) is 2.12. The van der Waals surface area contributed by atoms with Gasteiger partial charge >= 0.3 is 0 Å². The Morgan fingerprint density at radius 2 is 2.08 bits per heavy atom. The van der Waals surface area contributed by atoms with Gasteiger partial charge in [0, 0.05) is 0 Å². The molecule has 0 aliphatic carbocycles. The molecule has 0 saturated carbocycles. The zero-order valence-corrected chi connectivity index (χ0v) is 8.95. The minimum absolute atomic E-state index is 0.767. The summed E-state index contributed by atoms with van der Waals surface area (Å²) < 4.78 is 0. The van der Waals surface area contributed by atoms with Gasteiger partial charge in [-0.3, -0.25) is 5.41 Å². The van der Waals surface area contributed by atoms with Crippen molar-refractivity contribution in [3.8, 4) is 0 Å². The van der Waals surface area contributed by atoms with E-state index in [2.05, 4.69) is 31.2 Å². The lowest BCUT2D eigenvalue weighted by molar-refractivity contribution is 1.03. The second-order valence-electron chi connectivity index (χ2n) is 3.05. The summed E-state index contributed by atoms with van der Waals surface area (Å²) in [5.41, 5.74) is 2.69. The molecule has 0 radical (unpaired) electrons. The van der Waals surface area contributed by atoms with Crippen LogP contribution in [0.15, 0.2) is 24.3 Å². The molecule has 0 unspecified atom stereocenters. The molecule has 0 aliphatic rings. The third-order valence-corrected chi connectivity index (χ3v) is 2.83. The summed E-state index contributed by atoms with van der Waals surface area (Å²) in [5.74, 6) is 0. The first-order chi connectivity index (χ1) is 6.24. The number of thioether (sulfide) groups is 1. The van der Waals surface area contributed by atoms with Crippen LogP contribution >= 0.6 is 11.8 Å². The minimum Gasteiger partial charge on any atom is -0.298 e. The Hall–Kier alpha value is -0.760. The highest BCUT2D eigenvalue weighted by Gasteiger charge is 1.99. The third kappa shape index (κ3) is 3.23. The van der Waals surface area contributed by atoms with Crippen molar-refractivity contribution in [3.05, 3.63) is 35.4 Å². The van der Waals surface area contributed by atoms with Crippen molar-refractivity contribution in [2.24, 2.45) is 0 Å².